The molecule has 4 nitrogen and oxygen atoms in total. The molecule has 1 amide bonds. The Labute approximate surface area is 230 Å². The normalized spacial score (nSPS) is 15.4. The molecule has 1 heterocycles. The summed E-state index contributed by atoms with van der Waals surface area (Å²) >= 11 is 6.08. The molecular formula is C31H28ClF3N2O2. The highest BCUT2D eigenvalue weighted by atomic mass is 35.5. The Morgan fingerprint density at radius 3 is 2.21 bits per heavy atom. The molecule has 0 aromatic heterocycles. The second-order valence-electron chi connectivity index (χ2n) is 9.67. The van der Waals surface area contributed by atoms with Crippen molar-refractivity contribution in [2.75, 3.05) is 32.7 Å². The standard InChI is InChI=1S/C31H28ClF3N2O2/c32-26-14-10-24(11-15-26)29(39-21-22-8-12-25(13-9-22)31(33,34)35)20-36-16-18-37(19-17-36)30(38)28-7-3-5-23-4-1-2-6-27(23)28/h1-15,29H,16-21H2. The van der Waals surface area contributed by atoms with Crippen LogP contribution in [-0.4, -0.2) is 48.4 Å². The lowest BCUT2D eigenvalue weighted by Gasteiger charge is -2.36. The second-order valence-corrected chi connectivity index (χ2v) is 10.1. The van der Waals surface area contributed by atoms with Crippen molar-refractivity contribution < 1.29 is 22.7 Å². The summed E-state index contributed by atoms with van der Waals surface area (Å²) in [6, 6.07) is 26.1. The number of piperazine rings is 1. The van der Waals surface area contributed by atoms with Crippen LogP contribution in [0.25, 0.3) is 10.8 Å². The van der Waals surface area contributed by atoms with Gasteiger partial charge >= 0.3 is 6.18 Å². The first kappa shape index (κ1) is 27.2. The summed E-state index contributed by atoms with van der Waals surface area (Å²) in [7, 11) is 0. The van der Waals surface area contributed by atoms with Crippen LogP contribution in [0.1, 0.15) is 33.2 Å². The maximum absolute atomic E-state index is 13.3. The number of rotatable bonds is 7. The van der Waals surface area contributed by atoms with Crippen LogP contribution >= 0.6 is 11.6 Å². The monoisotopic (exact) mass is 552 g/mol. The lowest BCUT2D eigenvalue weighted by molar-refractivity contribution is -0.137. The second kappa shape index (κ2) is 11.8. The van der Waals surface area contributed by atoms with Gasteiger partial charge in [-0.15, -0.1) is 0 Å². The van der Waals surface area contributed by atoms with Gasteiger partial charge in [0.15, 0.2) is 0 Å². The number of hydrogen-bond donors (Lipinski definition) is 0. The number of nitrogens with zero attached hydrogens (tertiary/aromatic N) is 2. The summed E-state index contributed by atoms with van der Waals surface area (Å²) in [5.41, 5.74) is 1.62. The highest BCUT2D eigenvalue weighted by molar-refractivity contribution is 6.30. The lowest BCUT2D eigenvalue weighted by atomic mass is 10.0. The average molecular weight is 553 g/mol. The van der Waals surface area contributed by atoms with E-state index in [1.54, 1.807) is 12.1 Å². The smallest absolute Gasteiger partial charge is 0.368 e. The first-order chi connectivity index (χ1) is 18.8. The summed E-state index contributed by atoms with van der Waals surface area (Å²) < 4.78 is 45.0. The fourth-order valence-corrected chi connectivity index (χ4v) is 4.99. The third kappa shape index (κ3) is 6.61. The number of alkyl halides is 3. The van der Waals surface area contributed by atoms with Gasteiger partial charge in [0, 0.05) is 43.3 Å². The number of fused-ring (bicyclic) bond motifs is 1. The molecule has 0 N–H and O–H groups in total. The fourth-order valence-electron chi connectivity index (χ4n) is 4.87. The first-order valence-electron chi connectivity index (χ1n) is 12.8. The lowest BCUT2D eigenvalue weighted by Crippen LogP contribution is -2.49. The molecule has 1 unspecified atom stereocenters. The minimum absolute atomic E-state index is 0.0271. The van der Waals surface area contributed by atoms with Crippen molar-refractivity contribution >= 4 is 28.3 Å². The molecule has 0 aliphatic carbocycles. The van der Waals surface area contributed by atoms with Gasteiger partial charge in [0.2, 0.25) is 0 Å². The van der Waals surface area contributed by atoms with Crippen molar-refractivity contribution in [3.8, 4) is 0 Å². The van der Waals surface area contributed by atoms with E-state index in [2.05, 4.69) is 4.90 Å². The minimum Gasteiger partial charge on any atom is -0.368 e. The Morgan fingerprint density at radius 2 is 1.51 bits per heavy atom. The zero-order valence-corrected chi connectivity index (χ0v) is 22.0. The number of ether oxygens (including phenoxy) is 1. The van der Waals surface area contributed by atoms with Gasteiger partial charge in [0.25, 0.3) is 5.91 Å². The predicted octanol–water partition coefficient (Wildman–Crippen LogP) is 7.23. The number of carbonyl (C=O) groups is 1. The third-order valence-corrected chi connectivity index (χ3v) is 7.33. The summed E-state index contributed by atoms with van der Waals surface area (Å²) in [4.78, 5) is 17.5. The SMILES string of the molecule is O=C(c1cccc2ccccc12)N1CCN(CC(OCc2ccc(C(F)(F)F)cc2)c2ccc(Cl)cc2)CC1. The zero-order chi connectivity index (χ0) is 27.4. The molecule has 1 aliphatic rings. The van der Waals surface area contributed by atoms with E-state index >= 15 is 0 Å². The predicted molar refractivity (Wildman–Crippen MR) is 147 cm³/mol. The Morgan fingerprint density at radius 1 is 0.846 bits per heavy atom. The van der Waals surface area contributed by atoms with Crippen molar-refractivity contribution in [3.63, 3.8) is 0 Å². The topological polar surface area (TPSA) is 32.8 Å². The molecule has 4 aromatic rings. The van der Waals surface area contributed by atoms with E-state index in [0.29, 0.717) is 48.9 Å². The van der Waals surface area contributed by atoms with E-state index < -0.39 is 11.7 Å². The molecule has 8 heteroatoms. The highest BCUT2D eigenvalue weighted by Gasteiger charge is 2.30. The molecule has 0 saturated carbocycles. The van der Waals surface area contributed by atoms with E-state index in [1.807, 2.05) is 59.5 Å². The quantitative estimate of drug-likeness (QED) is 0.242. The van der Waals surface area contributed by atoms with Crippen molar-refractivity contribution in [2.45, 2.75) is 18.9 Å². The van der Waals surface area contributed by atoms with Gasteiger partial charge in [0.05, 0.1) is 18.3 Å². The Balaban J connectivity index is 1.23. The molecule has 1 saturated heterocycles. The number of benzene rings is 4. The number of carbonyl (C=O) groups excluding carboxylic acids is 1. The van der Waals surface area contributed by atoms with Crippen LogP contribution in [0.3, 0.4) is 0 Å². The zero-order valence-electron chi connectivity index (χ0n) is 21.2. The van der Waals surface area contributed by atoms with E-state index in [4.69, 9.17) is 16.3 Å². The van der Waals surface area contributed by atoms with E-state index in [9.17, 15) is 18.0 Å². The molecule has 0 bridgehead atoms. The third-order valence-electron chi connectivity index (χ3n) is 7.08. The Kier molecular flexibility index (Phi) is 8.21. The number of halogens is 4. The van der Waals surface area contributed by atoms with Gasteiger partial charge in [-0.3, -0.25) is 9.69 Å². The van der Waals surface area contributed by atoms with Crippen molar-refractivity contribution in [3.05, 3.63) is 118 Å². The molecular weight excluding hydrogens is 525 g/mol. The van der Waals surface area contributed by atoms with Gasteiger partial charge in [-0.2, -0.15) is 13.2 Å². The average Bonchev–Trinajstić information content (AvgIpc) is 2.95. The van der Waals surface area contributed by atoms with Crippen molar-refractivity contribution in [1.82, 2.24) is 9.80 Å². The van der Waals surface area contributed by atoms with Gasteiger partial charge in [0.1, 0.15) is 0 Å². The first-order valence-corrected chi connectivity index (χ1v) is 13.2. The van der Waals surface area contributed by atoms with Crippen molar-refractivity contribution in [2.24, 2.45) is 0 Å². The molecule has 39 heavy (non-hydrogen) atoms. The number of hydrogen-bond acceptors (Lipinski definition) is 3. The number of amides is 1. The van der Waals surface area contributed by atoms with Crippen LogP contribution in [0, 0.1) is 0 Å². The summed E-state index contributed by atoms with van der Waals surface area (Å²) in [5, 5.41) is 2.60. The Bertz CT molecular complexity index is 1410. The minimum atomic E-state index is -4.37. The van der Waals surface area contributed by atoms with Gasteiger partial charge in [-0.05, 0) is 52.2 Å². The van der Waals surface area contributed by atoms with E-state index in [1.165, 1.54) is 12.1 Å². The molecule has 0 radical (unpaired) electrons. The van der Waals surface area contributed by atoms with Crippen LogP contribution in [-0.2, 0) is 17.5 Å². The van der Waals surface area contributed by atoms with Crippen LogP contribution in [0.15, 0.2) is 91.0 Å². The molecule has 0 spiro atoms. The van der Waals surface area contributed by atoms with Gasteiger partial charge < -0.3 is 9.64 Å². The van der Waals surface area contributed by atoms with Gasteiger partial charge in [-0.1, -0.05) is 72.3 Å². The van der Waals surface area contributed by atoms with Crippen LogP contribution in [0.4, 0.5) is 13.2 Å². The van der Waals surface area contributed by atoms with Crippen LogP contribution < -0.4 is 0 Å². The van der Waals surface area contributed by atoms with E-state index in [0.717, 1.165) is 28.5 Å². The maximum Gasteiger partial charge on any atom is 0.416 e. The Hall–Kier alpha value is -3.39. The molecule has 202 valence electrons. The summed E-state index contributed by atoms with van der Waals surface area (Å²) in [5.74, 6) is 0.0271. The highest BCUT2D eigenvalue weighted by Crippen LogP contribution is 2.30. The van der Waals surface area contributed by atoms with Crippen LogP contribution in [0.5, 0.6) is 0 Å². The molecule has 1 aliphatic heterocycles. The molecule has 4 aromatic carbocycles. The van der Waals surface area contributed by atoms with E-state index in [-0.39, 0.29) is 18.6 Å². The largest absolute Gasteiger partial charge is 0.416 e. The summed E-state index contributed by atoms with van der Waals surface area (Å²) in [6.45, 7) is 3.31. The van der Waals surface area contributed by atoms with Gasteiger partial charge in [-0.25, -0.2) is 0 Å². The van der Waals surface area contributed by atoms with Crippen LogP contribution in [0.2, 0.25) is 5.02 Å². The molecule has 5 rings (SSSR count). The van der Waals surface area contributed by atoms with Crippen molar-refractivity contribution in [1.29, 1.82) is 0 Å². The molecule has 1 atom stereocenters. The summed E-state index contributed by atoms with van der Waals surface area (Å²) in [6.07, 6.45) is -4.69. The maximum atomic E-state index is 13.3. The molecule has 1 fully saturated rings. The fraction of sp³-hybridized carbons (Fsp3) is 0.258.